The molecule has 0 aliphatic rings. The summed E-state index contributed by atoms with van der Waals surface area (Å²) in [6.07, 6.45) is 0. The van der Waals surface area contributed by atoms with Gasteiger partial charge in [0, 0.05) is 15.6 Å². The predicted molar refractivity (Wildman–Crippen MR) is 88.7 cm³/mol. The van der Waals surface area contributed by atoms with Crippen molar-refractivity contribution in [3.63, 3.8) is 0 Å². The van der Waals surface area contributed by atoms with E-state index in [0.29, 0.717) is 27.1 Å². The van der Waals surface area contributed by atoms with Crippen LogP contribution in [0, 0.1) is 0 Å². The van der Waals surface area contributed by atoms with Crippen LogP contribution in [-0.4, -0.2) is 32.4 Å². The van der Waals surface area contributed by atoms with Gasteiger partial charge in [0.25, 0.3) is 0 Å². The van der Waals surface area contributed by atoms with Gasteiger partial charge in [-0.25, -0.2) is 4.79 Å². The Bertz CT molecular complexity index is 716. The normalized spacial score (nSPS) is 13.1. The molecule has 2 rings (SSSR count). The number of ether oxygens (including phenoxy) is 3. The van der Waals surface area contributed by atoms with Crippen LogP contribution in [0.15, 0.2) is 46.9 Å². The molecule has 5 nitrogen and oxygen atoms in total. The molecule has 0 fully saturated rings. The molecule has 1 unspecified atom stereocenters. The standard InChI is InChI=1S/C17H17BrO5/c1-21-12-6-4-5-11(9-12)17(20,16(19)23-3)14-8-7-13(22-2)10-15(14)18/h4-10,20H,1-3H3. The second-order valence-electron chi connectivity index (χ2n) is 4.78. The number of carbonyl (C=O) groups excluding carboxylic acids is 1. The highest BCUT2D eigenvalue weighted by atomic mass is 79.9. The highest BCUT2D eigenvalue weighted by molar-refractivity contribution is 9.10. The van der Waals surface area contributed by atoms with Crippen LogP contribution in [0.4, 0.5) is 0 Å². The van der Waals surface area contributed by atoms with Gasteiger partial charge in [-0.3, -0.25) is 0 Å². The Labute approximate surface area is 142 Å². The number of halogens is 1. The first kappa shape index (κ1) is 17.3. The summed E-state index contributed by atoms with van der Waals surface area (Å²) in [6.45, 7) is 0. The van der Waals surface area contributed by atoms with E-state index in [0.717, 1.165) is 0 Å². The van der Waals surface area contributed by atoms with Crippen molar-refractivity contribution in [1.29, 1.82) is 0 Å². The van der Waals surface area contributed by atoms with Gasteiger partial charge in [-0.15, -0.1) is 0 Å². The fourth-order valence-electron chi connectivity index (χ4n) is 2.30. The van der Waals surface area contributed by atoms with Crippen LogP contribution in [0.25, 0.3) is 0 Å². The third-order valence-corrected chi connectivity index (χ3v) is 4.19. The van der Waals surface area contributed by atoms with E-state index in [2.05, 4.69) is 15.9 Å². The van der Waals surface area contributed by atoms with E-state index >= 15 is 0 Å². The third-order valence-electron chi connectivity index (χ3n) is 3.53. The zero-order valence-electron chi connectivity index (χ0n) is 13.0. The Morgan fingerprint density at radius 3 is 2.26 bits per heavy atom. The summed E-state index contributed by atoms with van der Waals surface area (Å²) in [4.78, 5) is 12.4. The molecule has 0 amide bonds. The fraction of sp³-hybridized carbons (Fsp3) is 0.235. The first-order valence-electron chi connectivity index (χ1n) is 6.76. The average Bonchev–Trinajstić information content (AvgIpc) is 2.60. The van der Waals surface area contributed by atoms with E-state index in [9.17, 15) is 9.90 Å². The largest absolute Gasteiger partial charge is 0.497 e. The maximum Gasteiger partial charge on any atom is 0.347 e. The lowest BCUT2D eigenvalue weighted by Crippen LogP contribution is -2.38. The number of rotatable bonds is 5. The maximum atomic E-state index is 12.4. The molecule has 23 heavy (non-hydrogen) atoms. The van der Waals surface area contributed by atoms with Gasteiger partial charge in [0.2, 0.25) is 5.60 Å². The lowest BCUT2D eigenvalue weighted by molar-refractivity contribution is -0.159. The van der Waals surface area contributed by atoms with Gasteiger partial charge in [0.1, 0.15) is 11.5 Å². The highest BCUT2D eigenvalue weighted by Gasteiger charge is 2.43. The number of hydrogen-bond acceptors (Lipinski definition) is 5. The van der Waals surface area contributed by atoms with Crippen LogP contribution >= 0.6 is 15.9 Å². The Balaban J connectivity index is 2.66. The molecule has 2 aromatic carbocycles. The number of methoxy groups -OCH3 is 3. The molecular formula is C17H17BrO5. The van der Waals surface area contributed by atoms with Gasteiger partial charge >= 0.3 is 5.97 Å². The molecule has 6 heteroatoms. The molecule has 2 aromatic rings. The third kappa shape index (κ3) is 3.18. The summed E-state index contributed by atoms with van der Waals surface area (Å²) in [5.41, 5.74) is -1.29. The van der Waals surface area contributed by atoms with Crippen molar-refractivity contribution in [2.75, 3.05) is 21.3 Å². The molecule has 122 valence electrons. The quantitative estimate of drug-likeness (QED) is 0.807. The number of esters is 1. The molecule has 0 aliphatic carbocycles. The molecule has 0 heterocycles. The molecule has 0 saturated heterocycles. The molecule has 0 saturated carbocycles. The number of aliphatic hydroxyl groups is 1. The van der Waals surface area contributed by atoms with E-state index in [1.54, 1.807) is 42.5 Å². The Morgan fingerprint density at radius 1 is 1.04 bits per heavy atom. The van der Waals surface area contributed by atoms with Crippen molar-refractivity contribution in [3.8, 4) is 11.5 Å². The van der Waals surface area contributed by atoms with Crippen molar-refractivity contribution < 1.29 is 24.1 Å². The average molecular weight is 381 g/mol. The molecule has 1 atom stereocenters. The van der Waals surface area contributed by atoms with Gasteiger partial charge < -0.3 is 19.3 Å². The molecule has 0 radical (unpaired) electrons. The summed E-state index contributed by atoms with van der Waals surface area (Å²) in [5, 5.41) is 11.2. The topological polar surface area (TPSA) is 65.0 Å². The molecule has 0 bridgehead atoms. The van der Waals surface area contributed by atoms with Gasteiger partial charge in [-0.2, -0.15) is 0 Å². The Morgan fingerprint density at radius 2 is 1.70 bits per heavy atom. The van der Waals surface area contributed by atoms with Crippen molar-refractivity contribution >= 4 is 21.9 Å². The summed E-state index contributed by atoms with van der Waals surface area (Å²) in [7, 11) is 4.28. The van der Waals surface area contributed by atoms with Crippen LogP contribution < -0.4 is 9.47 Å². The molecule has 0 aliphatic heterocycles. The fourth-order valence-corrected chi connectivity index (χ4v) is 2.94. The molecule has 0 aromatic heterocycles. The van der Waals surface area contributed by atoms with Crippen LogP contribution in [0.1, 0.15) is 11.1 Å². The zero-order chi connectivity index (χ0) is 17.0. The number of carbonyl (C=O) groups is 1. The van der Waals surface area contributed by atoms with E-state index < -0.39 is 11.6 Å². The minimum Gasteiger partial charge on any atom is -0.497 e. The maximum absolute atomic E-state index is 12.4. The smallest absolute Gasteiger partial charge is 0.347 e. The first-order valence-corrected chi connectivity index (χ1v) is 7.56. The monoisotopic (exact) mass is 380 g/mol. The van der Waals surface area contributed by atoms with Crippen LogP contribution in [0.3, 0.4) is 0 Å². The Hall–Kier alpha value is -2.05. The lowest BCUT2D eigenvalue weighted by Gasteiger charge is -2.27. The van der Waals surface area contributed by atoms with E-state index in [4.69, 9.17) is 14.2 Å². The van der Waals surface area contributed by atoms with Crippen LogP contribution in [-0.2, 0) is 15.1 Å². The van der Waals surface area contributed by atoms with E-state index in [1.807, 2.05) is 0 Å². The SMILES string of the molecule is COC(=O)C(O)(c1cccc(OC)c1)c1ccc(OC)cc1Br. The summed E-state index contributed by atoms with van der Waals surface area (Å²) >= 11 is 3.38. The summed E-state index contributed by atoms with van der Waals surface area (Å²) in [6, 6.07) is 11.6. The van der Waals surface area contributed by atoms with Crippen LogP contribution in [0.5, 0.6) is 11.5 Å². The molecule has 0 spiro atoms. The van der Waals surface area contributed by atoms with Crippen molar-refractivity contribution in [2.45, 2.75) is 5.60 Å². The molecular weight excluding hydrogens is 364 g/mol. The molecule has 1 N–H and O–H groups in total. The predicted octanol–water partition coefficient (Wildman–Crippen LogP) is 2.88. The second kappa shape index (κ2) is 7.02. The van der Waals surface area contributed by atoms with Crippen LogP contribution in [0.2, 0.25) is 0 Å². The van der Waals surface area contributed by atoms with Gasteiger partial charge in [0.05, 0.1) is 21.3 Å². The van der Waals surface area contributed by atoms with Crippen molar-refractivity contribution in [2.24, 2.45) is 0 Å². The minimum absolute atomic E-state index is 0.342. The van der Waals surface area contributed by atoms with Gasteiger partial charge in [0.15, 0.2) is 0 Å². The van der Waals surface area contributed by atoms with E-state index in [1.165, 1.54) is 21.3 Å². The van der Waals surface area contributed by atoms with Crippen molar-refractivity contribution in [3.05, 3.63) is 58.1 Å². The van der Waals surface area contributed by atoms with E-state index in [-0.39, 0.29) is 0 Å². The summed E-state index contributed by atoms with van der Waals surface area (Å²) in [5.74, 6) is 0.324. The lowest BCUT2D eigenvalue weighted by atomic mass is 9.86. The van der Waals surface area contributed by atoms with Gasteiger partial charge in [-0.1, -0.05) is 34.1 Å². The second-order valence-corrected chi connectivity index (χ2v) is 5.63. The number of hydrogen-bond donors (Lipinski definition) is 1. The highest BCUT2D eigenvalue weighted by Crippen LogP contribution is 2.38. The number of benzene rings is 2. The van der Waals surface area contributed by atoms with Crippen molar-refractivity contribution in [1.82, 2.24) is 0 Å². The summed E-state index contributed by atoms with van der Waals surface area (Å²) < 4.78 is 15.7. The first-order chi connectivity index (χ1) is 11.0. The minimum atomic E-state index is -1.98. The Kier molecular flexibility index (Phi) is 5.28. The zero-order valence-corrected chi connectivity index (χ0v) is 14.6. The van der Waals surface area contributed by atoms with Gasteiger partial charge in [-0.05, 0) is 24.3 Å².